The lowest BCUT2D eigenvalue weighted by Gasteiger charge is -2.17. The average molecular weight is 203 g/mol. The fraction of sp³-hybridized carbons (Fsp3) is 1.00. The van der Waals surface area contributed by atoms with Crippen LogP contribution in [0, 0.1) is 5.41 Å². The molecule has 2 atom stereocenters. The summed E-state index contributed by atoms with van der Waals surface area (Å²) in [5, 5.41) is 3.48. The molecule has 0 heterocycles. The Hall–Kier alpha value is 0.110. The summed E-state index contributed by atoms with van der Waals surface area (Å²) in [5.74, 6) is 0.789. The Bertz CT molecular complexity index is 191. The fourth-order valence-corrected chi connectivity index (χ4v) is 2.42. The van der Waals surface area contributed by atoms with Gasteiger partial charge in [0.2, 0.25) is 0 Å². The number of hydrogen-bond donors (Lipinski definition) is 1. The van der Waals surface area contributed by atoms with Gasteiger partial charge in [0, 0.05) is 35.4 Å². The molecule has 0 aromatic carbocycles. The molecule has 78 valence electrons. The van der Waals surface area contributed by atoms with Crippen molar-refractivity contribution in [2.75, 3.05) is 18.6 Å². The minimum absolute atomic E-state index is 0.517. The van der Waals surface area contributed by atoms with Gasteiger partial charge in [0.25, 0.3) is 0 Å². The van der Waals surface area contributed by atoms with Gasteiger partial charge in [-0.05, 0) is 24.7 Å². The van der Waals surface area contributed by atoms with Crippen molar-refractivity contribution >= 4 is 10.8 Å². The van der Waals surface area contributed by atoms with Gasteiger partial charge >= 0.3 is 0 Å². The summed E-state index contributed by atoms with van der Waals surface area (Å²) in [6.45, 7) is 5.56. The van der Waals surface area contributed by atoms with Gasteiger partial charge in [0.05, 0.1) is 0 Å². The minimum Gasteiger partial charge on any atom is -0.313 e. The Labute approximate surface area is 83.9 Å². The van der Waals surface area contributed by atoms with E-state index in [1.54, 1.807) is 6.26 Å². The first-order chi connectivity index (χ1) is 5.99. The summed E-state index contributed by atoms with van der Waals surface area (Å²) >= 11 is 0. The van der Waals surface area contributed by atoms with Crippen molar-refractivity contribution < 1.29 is 4.21 Å². The molecule has 0 bridgehead atoms. The zero-order valence-electron chi connectivity index (χ0n) is 8.93. The number of rotatable bonds is 4. The lowest BCUT2D eigenvalue weighted by atomic mass is 9.92. The number of nitrogens with one attached hydrogen (secondary N) is 1. The van der Waals surface area contributed by atoms with Crippen LogP contribution in [0.4, 0.5) is 0 Å². The SMILES string of the molecule is CS(=O)CCNC1CCC(C)(C)C1. The molecule has 0 radical (unpaired) electrons. The van der Waals surface area contributed by atoms with Crippen LogP contribution in [-0.4, -0.2) is 28.8 Å². The van der Waals surface area contributed by atoms with Crippen molar-refractivity contribution in [3.8, 4) is 0 Å². The van der Waals surface area contributed by atoms with Gasteiger partial charge in [0.1, 0.15) is 0 Å². The molecule has 1 saturated carbocycles. The van der Waals surface area contributed by atoms with E-state index in [-0.39, 0.29) is 0 Å². The molecule has 0 spiro atoms. The van der Waals surface area contributed by atoms with E-state index >= 15 is 0 Å². The molecule has 13 heavy (non-hydrogen) atoms. The maximum absolute atomic E-state index is 10.8. The summed E-state index contributed by atoms with van der Waals surface area (Å²) in [6.07, 6.45) is 5.63. The van der Waals surface area contributed by atoms with Gasteiger partial charge in [-0.1, -0.05) is 13.8 Å². The lowest BCUT2D eigenvalue weighted by molar-refractivity contribution is 0.366. The zero-order valence-corrected chi connectivity index (χ0v) is 9.75. The zero-order chi connectivity index (χ0) is 9.90. The second-order valence-corrected chi connectivity index (χ2v) is 6.39. The highest BCUT2D eigenvalue weighted by Crippen LogP contribution is 2.36. The molecule has 0 aromatic heterocycles. The van der Waals surface area contributed by atoms with Crippen LogP contribution in [0.15, 0.2) is 0 Å². The van der Waals surface area contributed by atoms with Crippen LogP contribution in [0.5, 0.6) is 0 Å². The molecule has 1 fully saturated rings. The van der Waals surface area contributed by atoms with Crippen molar-refractivity contribution in [2.24, 2.45) is 5.41 Å². The first-order valence-electron chi connectivity index (χ1n) is 5.03. The van der Waals surface area contributed by atoms with E-state index in [4.69, 9.17) is 0 Å². The van der Waals surface area contributed by atoms with Crippen molar-refractivity contribution in [3.63, 3.8) is 0 Å². The highest BCUT2D eigenvalue weighted by molar-refractivity contribution is 7.84. The van der Waals surface area contributed by atoms with E-state index in [2.05, 4.69) is 19.2 Å². The first-order valence-corrected chi connectivity index (χ1v) is 6.76. The third-order valence-electron chi connectivity index (χ3n) is 2.79. The first kappa shape index (κ1) is 11.2. The van der Waals surface area contributed by atoms with E-state index in [0.29, 0.717) is 11.5 Å². The third kappa shape index (κ3) is 4.23. The molecule has 2 unspecified atom stereocenters. The van der Waals surface area contributed by atoms with E-state index in [1.807, 2.05) is 0 Å². The van der Waals surface area contributed by atoms with Gasteiger partial charge in [-0.3, -0.25) is 4.21 Å². The van der Waals surface area contributed by atoms with Gasteiger partial charge in [-0.15, -0.1) is 0 Å². The van der Waals surface area contributed by atoms with E-state index < -0.39 is 10.8 Å². The van der Waals surface area contributed by atoms with Crippen LogP contribution in [0.25, 0.3) is 0 Å². The van der Waals surface area contributed by atoms with Crippen LogP contribution in [-0.2, 0) is 10.8 Å². The molecule has 1 aliphatic carbocycles. The van der Waals surface area contributed by atoms with Crippen molar-refractivity contribution in [3.05, 3.63) is 0 Å². The molecule has 0 amide bonds. The Balaban J connectivity index is 2.14. The molecule has 1 aliphatic rings. The van der Waals surface area contributed by atoms with Crippen LogP contribution in [0.1, 0.15) is 33.1 Å². The Morgan fingerprint density at radius 3 is 2.69 bits per heavy atom. The van der Waals surface area contributed by atoms with Crippen molar-refractivity contribution in [1.29, 1.82) is 0 Å². The van der Waals surface area contributed by atoms with E-state index in [1.165, 1.54) is 19.3 Å². The second kappa shape index (κ2) is 4.56. The molecule has 1 N–H and O–H groups in total. The molecule has 3 heteroatoms. The predicted octanol–water partition coefficient (Wildman–Crippen LogP) is 1.53. The molecule has 0 aliphatic heterocycles. The average Bonchev–Trinajstić information content (AvgIpc) is 2.29. The summed E-state index contributed by atoms with van der Waals surface area (Å²) in [6, 6.07) is 0.665. The fourth-order valence-electron chi connectivity index (χ4n) is 2.02. The number of hydrogen-bond acceptors (Lipinski definition) is 2. The monoisotopic (exact) mass is 203 g/mol. The molecule has 2 nitrogen and oxygen atoms in total. The van der Waals surface area contributed by atoms with Gasteiger partial charge in [-0.25, -0.2) is 0 Å². The lowest BCUT2D eigenvalue weighted by Crippen LogP contribution is -2.30. The Morgan fingerprint density at radius 2 is 2.23 bits per heavy atom. The topological polar surface area (TPSA) is 29.1 Å². The molecule has 1 rings (SSSR count). The highest BCUT2D eigenvalue weighted by Gasteiger charge is 2.30. The Morgan fingerprint density at radius 1 is 1.54 bits per heavy atom. The molecule has 0 saturated heterocycles. The third-order valence-corrected chi connectivity index (χ3v) is 3.57. The van der Waals surface area contributed by atoms with Crippen LogP contribution in [0.3, 0.4) is 0 Å². The summed E-state index contributed by atoms with van der Waals surface area (Å²) in [7, 11) is -0.647. The quantitative estimate of drug-likeness (QED) is 0.751. The summed E-state index contributed by atoms with van der Waals surface area (Å²) < 4.78 is 10.8. The standard InChI is InChI=1S/C10H21NOS/c1-10(2)5-4-9(8-10)11-6-7-13(3)12/h9,11H,4-8H2,1-3H3. The molecular formula is C10H21NOS. The van der Waals surface area contributed by atoms with Gasteiger partial charge < -0.3 is 5.32 Å². The van der Waals surface area contributed by atoms with Gasteiger partial charge in [-0.2, -0.15) is 0 Å². The molecular weight excluding hydrogens is 182 g/mol. The van der Waals surface area contributed by atoms with Crippen molar-refractivity contribution in [1.82, 2.24) is 5.32 Å². The maximum atomic E-state index is 10.8. The minimum atomic E-state index is -0.647. The van der Waals surface area contributed by atoms with Crippen LogP contribution >= 0.6 is 0 Å². The largest absolute Gasteiger partial charge is 0.313 e. The van der Waals surface area contributed by atoms with Gasteiger partial charge in [0.15, 0.2) is 0 Å². The highest BCUT2D eigenvalue weighted by atomic mass is 32.2. The predicted molar refractivity (Wildman–Crippen MR) is 58.4 cm³/mol. The normalized spacial score (nSPS) is 29.0. The summed E-state index contributed by atoms with van der Waals surface area (Å²) in [5.41, 5.74) is 0.517. The van der Waals surface area contributed by atoms with Crippen LogP contribution < -0.4 is 5.32 Å². The Kier molecular flexibility index (Phi) is 3.92. The summed E-state index contributed by atoms with van der Waals surface area (Å²) in [4.78, 5) is 0. The van der Waals surface area contributed by atoms with Crippen molar-refractivity contribution in [2.45, 2.75) is 39.2 Å². The maximum Gasteiger partial charge on any atom is 0.0357 e. The molecule has 0 aromatic rings. The van der Waals surface area contributed by atoms with E-state index in [9.17, 15) is 4.21 Å². The smallest absolute Gasteiger partial charge is 0.0357 e. The van der Waals surface area contributed by atoms with Crippen LogP contribution in [0.2, 0.25) is 0 Å². The second-order valence-electron chi connectivity index (χ2n) is 4.84. The van der Waals surface area contributed by atoms with E-state index in [0.717, 1.165) is 12.3 Å².